The molecular weight excluding hydrogens is 252 g/mol. The molecule has 0 aliphatic carbocycles. The molecule has 0 bridgehead atoms. The number of imidazole rings is 1. The van der Waals surface area contributed by atoms with Gasteiger partial charge in [-0.15, -0.1) is 0 Å². The molecule has 2 rings (SSSR count). The number of thioether (sulfide) groups is 1. The third-order valence-electron chi connectivity index (χ3n) is 1.51. The Bertz CT molecular complexity index is 446. The van der Waals surface area contributed by atoms with E-state index in [4.69, 9.17) is 11.6 Å². The van der Waals surface area contributed by atoms with Crippen LogP contribution in [0.5, 0.6) is 0 Å². The Morgan fingerprint density at radius 1 is 1.40 bits per heavy atom. The van der Waals surface area contributed by atoms with Crippen molar-refractivity contribution in [3.05, 3.63) is 23.6 Å². The Morgan fingerprint density at radius 3 is 2.93 bits per heavy atom. The second kappa shape index (κ2) is 4.87. The van der Waals surface area contributed by atoms with Crippen molar-refractivity contribution in [2.24, 2.45) is 0 Å². The fourth-order valence-electron chi connectivity index (χ4n) is 0.926. The summed E-state index contributed by atoms with van der Waals surface area (Å²) in [6.07, 6.45) is 5.37. The first kappa shape index (κ1) is 10.8. The second-order valence-corrected chi connectivity index (χ2v) is 4.68. The highest BCUT2D eigenvalue weighted by atomic mass is 35.5. The monoisotopic (exact) mass is 258 g/mol. The van der Waals surface area contributed by atoms with Crippen LogP contribution in [-0.4, -0.2) is 26.2 Å². The average Bonchev–Trinajstić information content (AvgIpc) is 2.69. The van der Waals surface area contributed by atoms with E-state index in [1.165, 1.54) is 23.5 Å². The molecule has 0 atom stereocenters. The first-order valence-corrected chi connectivity index (χ1v) is 6.45. The van der Waals surface area contributed by atoms with Gasteiger partial charge in [-0.05, 0) is 18.0 Å². The quantitative estimate of drug-likeness (QED) is 0.521. The number of hydrogen-bond donors (Lipinski definition) is 1. The minimum atomic E-state index is 0.448. The highest BCUT2D eigenvalue weighted by Gasteiger charge is 2.05. The summed E-state index contributed by atoms with van der Waals surface area (Å²) in [5.74, 6) is 0. The summed E-state index contributed by atoms with van der Waals surface area (Å²) in [5.41, 5.74) is 0. The molecule has 4 nitrogen and oxygen atoms in total. The fraction of sp³-hybridized carbons (Fsp3) is 0.125. The van der Waals surface area contributed by atoms with Gasteiger partial charge in [0.2, 0.25) is 0 Å². The van der Waals surface area contributed by atoms with Gasteiger partial charge >= 0.3 is 0 Å². The van der Waals surface area contributed by atoms with E-state index in [0.29, 0.717) is 10.3 Å². The zero-order valence-corrected chi connectivity index (χ0v) is 10.2. The second-order valence-electron chi connectivity index (χ2n) is 2.51. The molecule has 2 aromatic heterocycles. The molecule has 2 heterocycles. The minimum absolute atomic E-state index is 0.448. The van der Waals surface area contributed by atoms with E-state index >= 15 is 0 Å². The van der Waals surface area contributed by atoms with Crippen LogP contribution in [0.15, 0.2) is 33.8 Å². The van der Waals surface area contributed by atoms with Crippen molar-refractivity contribution >= 4 is 35.1 Å². The average molecular weight is 259 g/mol. The van der Waals surface area contributed by atoms with E-state index in [1.54, 1.807) is 18.5 Å². The van der Waals surface area contributed by atoms with Crippen molar-refractivity contribution in [1.29, 1.82) is 0 Å². The third kappa shape index (κ3) is 2.87. The van der Waals surface area contributed by atoms with Crippen LogP contribution < -0.4 is 0 Å². The largest absolute Gasteiger partial charge is 0.339 e. The molecule has 78 valence electrons. The molecule has 0 aliphatic rings. The number of aromatic amines is 1. The van der Waals surface area contributed by atoms with Gasteiger partial charge in [0.1, 0.15) is 10.2 Å². The van der Waals surface area contributed by atoms with Crippen LogP contribution in [0.25, 0.3) is 0 Å². The van der Waals surface area contributed by atoms with Crippen molar-refractivity contribution in [3.63, 3.8) is 0 Å². The third-order valence-corrected chi connectivity index (χ3v) is 3.08. The van der Waals surface area contributed by atoms with Crippen LogP contribution >= 0.6 is 35.1 Å². The maximum Gasteiger partial charge on any atom is 0.189 e. The molecule has 15 heavy (non-hydrogen) atoms. The van der Waals surface area contributed by atoms with Gasteiger partial charge in [0.15, 0.2) is 10.3 Å². The number of hydrogen-bond acceptors (Lipinski definition) is 5. The number of nitrogens with one attached hydrogen (secondary N) is 1. The maximum absolute atomic E-state index is 5.86. The van der Waals surface area contributed by atoms with E-state index in [9.17, 15) is 0 Å². The number of nitrogens with zero attached hydrogens (tertiary/aromatic N) is 3. The molecule has 0 spiro atoms. The number of aromatic nitrogens is 4. The van der Waals surface area contributed by atoms with Gasteiger partial charge < -0.3 is 4.98 Å². The molecule has 0 saturated heterocycles. The molecule has 0 saturated carbocycles. The molecule has 0 aliphatic heterocycles. The summed E-state index contributed by atoms with van der Waals surface area (Å²) >= 11 is 8.74. The van der Waals surface area contributed by atoms with Gasteiger partial charge in [0, 0.05) is 18.5 Å². The van der Waals surface area contributed by atoms with Crippen molar-refractivity contribution in [1.82, 2.24) is 19.9 Å². The van der Waals surface area contributed by atoms with Gasteiger partial charge in [-0.2, -0.15) is 0 Å². The van der Waals surface area contributed by atoms with Crippen LogP contribution in [0, 0.1) is 0 Å². The maximum atomic E-state index is 5.86. The lowest BCUT2D eigenvalue weighted by Crippen LogP contribution is -1.89. The van der Waals surface area contributed by atoms with Gasteiger partial charge in [0.05, 0.1) is 0 Å². The van der Waals surface area contributed by atoms with Gasteiger partial charge in [-0.25, -0.2) is 15.0 Å². The van der Waals surface area contributed by atoms with Crippen LogP contribution in [0.3, 0.4) is 0 Å². The Kier molecular flexibility index (Phi) is 3.50. The zero-order chi connectivity index (χ0) is 10.7. The lowest BCUT2D eigenvalue weighted by molar-refractivity contribution is 0.890. The van der Waals surface area contributed by atoms with E-state index in [2.05, 4.69) is 19.9 Å². The van der Waals surface area contributed by atoms with E-state index in [-0.39, 0.29) is 0 Å². The number of halogens is 1. The Hall–Kier alpha value is -0.720. The number of rotatable bonds is 3. The van der Waals surface area contributed by atoms with Crippen molar-refractivity contribution in [3.8, 4) is 0 Å². The first-order chi connectivity index (χ1) is 7.28. The molecule has 0 amide bonds. The summed E-state index contributed by atoms with van der Waals surface area (Å²) in [4.78, 5) is 15.4. The van der Waals surface area contributed by atoms with Gasteiger partial charge in [0.25, 0.3) is 0 Å². The van der Waals surface area contributed by atoms with E-state index < -0.39 is 0 Å². The van der Waals surface area contributed by atoms with Gasteiger partial charge in [-0.1, -0.05) is 23.4 Å². The van der Waals surface area contributed by atoms with Crippen LogP contribution in [0.2, 0.25) is 5.15 Å². The molecule has 1 N–H and O–H groups in total. The summed E-state index contributed by atoms with van der Waals surface area (Å²) < 4.78 is 0. The van der Waals surface area contributed by atoms with E-state index in [0.717, 1.165) is 10.2 Å². The van der Waals surface area contributed by atoms with E-state index in [1.807, 2.05) is 6.26 Å². The molecule has 0 aromatic carbocycles. The van der Waals surface area contributed by atoms with Crippen LogP contribution in [0.4, 0.5) is 0 Å². The lowest BCUT2D eigenvalue weighted by Gasteiger charge is -2.00. The predicted octanol–water partition coefficient (Wildman–Crippen LogP) is 2.73. The molecule has 2 aromatic rings. The molecule has 0 unspecified atom stereocenters. The highest BCUT2D eigenvalue weighted by molar-refractivity contribution is 7.99. The zero-order valence-electron chi connectivity index (χ0n) is 7.77. The van der Waals surface area contributed by atoms with Gasteiger partial charge in [-0.3, -0.25) is 0 Å². The SMILES string of the molecule is CSc1nc(Cl)cc(Sc2ncc[nH]2)n1. The smallest absolute Gasteiger partial charge is 0.189 e. The highest BCUT2D eigenvalue weighted by Crippen LogP contribution is 2.25. The molecular formula is C8H7ClN4S2. The van der Waals surface area contributed by atoms with Crippen molar-refractivity contribution in [2.45, 2.75) is 15.3 Å². The topological polar surface area (TPSA) is 54.5 Å². The predicted molar refractivity (Wildman–Crippen MR) is 61.5 cm³/mol. The normalized spacial score (nSPS) is 10.5. The summed E-state index contributed by atoms with van der Waals surface area (Å²) in [5, 5.41) is 2.69. The molecule has 7 heteroatoms. The number of H-pyrrole nitrogens is 1. The summed E-state index contributed by atoms with van der Waals surface area (Å²) in [7, 11) is 0. The Labute approximate surface area is 100 Å². The minimum Gasteiger partial charge on any atom is -0.339 e. The van der Waals surface area contributed by atoms with Crippen LogP contribution in [0.1, 0.15) is 0 Å². The lowest BCUT2D eigenvalue weighted by atomic mass is 10.7. The Balaban J connectivity index is 2.24. The molecule has 0 radical (unpaired) electrons. The first-order valence-electron chi connectivity index (χ1n) is 4.04. The van der Waals surface area contributed by atoms with Crippen molar-refractivity contribution < 1.29 is 0 Å². The standard InChI is InChI=1S/C8H7ClN4S2/c1-14-8-12-5(9)4-6(13-8)15-7-10-2-3-11-7/h2-4H,1H3,(H,10,11). The summed E-state index contributed by atoms with van der Waals surface area (Å²) in [6, 6.07) is 1.72. The fourth-order valence-corrected chi connectivity index (χ4v) is 2.40. The summed E-state index contributed by atoms with van der Waals surface area (Å²) in [6.45, 7) is 0. The van der Waals surface area contributed by atoms with Crippen molar-refractivity contribution in [2.75, 3.05) is 6.26 Å². The Morgan fingerprint density at radius 2 is 2.27 bits per heavy atom. The van der Waals surface area contributed by atoms with Crippen LogP contribution in [-0.2, 0) is 0 Å². The molecule has 0 fully saturated rings.